The molecule has 0 radical (unpaired) electrons. The number of ketones is 1. The van der Waals surface area contributed by atoms with Crippen molar-refractivity contribution in [1.29, 1.82) is 0 Å². The molecule has 4 heteroatoms. The minimum Gasteiger partial charge on any atom is -0.493 e. The predicted molar refractivity (Wildman–Crippen MR) is 96.1 cm³/mol. The average Bonchev–Trinajstić information content (AvgIpc) is 2.66. The van der Waals surface area contributed by atoms with Gasteiger partial charge in [0, 0.05) is 31.5 Å². The van der Waals surface area contributed by atoms with E-state index in [1.807, 2.05) is 6.07 Å². The summed E-state index contributed by atoms with van der Waals surface area (Å²) >= 11 is 0. The molecule has 0 spiro atoms. The van der Waals surface area contributed by atoms with Crippen LogP contribution in [-0.4, -0.2) is 31.4 Å². The van der Waals surface area contributed by atoms with Gasteiger partial charge >= 0.3 is 0 Å². The van der Waals surface area contributed by atoms with Crippen molar-refractivity contribution in [3.63, 3.8) is 0 Å². The van der Waals surface area contributed by atoms with E-state index in [-0.39, 0.29) is 12.1 Å². The van der Waals surface area contributed by atoms with Gasteiger partial charge in [0.1, 0.15) is 5.78 Å². The molecule has 2 heterocycles. The van der Waals surface area contributed by atoms with Gasteiger partial charge in [0.25, 0.3) is 0 Å². The Morgan fingerprint density at radius 2 is 1.64 bits per heavy atom. The van der Waals surface area contributed by atoms with Crippen LogP contribution in [0.3, 0.4) is 0 Å². The maximum atomic E-state index is 12.5. The second-order valence-electron chi connectivity index (χ2n) is 6.78. The first kappa shape index (κ1) is 16.2. The largest absolute Gasteiger partial charge is 0.493 e. The lowest BCUT2D eigenvalue weighted by Crippen LogP contribution is -2.43. The molecule has 2 aliphatic rings. The highest BCUT2D eigenvalue weighted by Gasteiger charge is 2.39. The van der Waals surface area contributed by atoms with Gasteiger partial charge in [0.15, 0.2) is 11.5 Å². The predicted octanol–water partition coefficient (Wildman–Crippen LogP) is 3.71. The molecule has 4 rings (SSSR count). The van der Waals surface area contributed by atoms with Crippen LogP contribution in [0.25, 0.3) is 0 Å². The maximum Gasteiger partial charge on any atom is 0.161 e. The Morgan fingerprint density at radius 3 is 2.36 bits per heavy atom. The number of rotatable bonds is 3. The number of hydrogen-bond donors (Lipinski definition) is 0. The first-order valence-electron chi connectivity index (χ1n) is 8.78. The highest BCUT2D eigenvalue weighted by molar-refractivity contribution is 5.81. The molecule has 4 nitrogen and oxygen atoms in total. The summed E-state index contributed by atoms with van der Waals surface area (Å²) in [6, 6.07) is 14.8. The van der Waals surface area contributed by atoms with Crippen molar-refractivity contribution >= 4 is 5.78 Å². The summed E-state index contributed by atoms with van der Waals surface area (Å²) in [6.45, 7) is 0.958. The average molecular weight is 337 g/mol. The van der Waals surface area contributed by atoms with Crippen LogP contribution >= 0.6 is 0 Å². The lowest BCUT2D eigenvalue weighted by molar-refractivity contribution is -0.126. The van der Waals surface area contributed by atoms with Crippen molar-refractivity contribution in [3.05, 3.63) is 59.2 Å². The van der Waals surface area contributed by atoms with Crippen molar-refractivity contribution < 1.29 is 14.3 Å². The molecule has 0 aliphatic carbocycles. The van der Waals surface area contributed by atoms with E-state index < -0.39 is 0 Å². The molecule has 2 aromatic rings. The monoisotopic (exact) mass is 337 g/mol. The molecule has 0 saturated carbocycles. The summed E-state index contributed by atoms with van der Waals surface area (Å²) in [5.74, 6) is 1.83. The minimum atomic E-state index is 0.120. The van der Waals surface area contributed by atoms with E-state index in [0.717, 1.165) is 24.5 Å². The van der Waals surface area contributed by atoms with E-state index in [1.165, 1.54) is 16.7 Å². The molecule has 1 saturated heterocycles. The van der Waals surface area contributed by atoms with Crippen LogP contribution < -0.4 is 9.47 Å². The fourth-order valence-electron chi connectivity index (χ4n) is 4.26. The van der Waals surface area contributed by atoms with Gasteiger partial charge in [-0.2, -0.15) is 0 Å². The molecule has 2 atom stereocenters. The van der Waals surface area contributed by atoms with Crippen LogP contribution in [-0.2, 0) is 11.2 Å². The van der Waals surface area contributed by atoms with Crippen LogP contribution in [0.1, 0.15) is 41.6 Å². The molecule has 0 amide bonds. The quantitative estimate of drug-likeness (QED) is 0.856. The normalized spacial score (nSPS) is 22.9. The number of piperidine rings is 1. The molecule has 2 aliphatic heterocycles. The summed E-state index contributed by atoms with van der Waals surface area (Å²) in [6.07, 6.45) is 2.14. The summed E-state index contributed by atoms with van der Waals surface area (Å²) in [5.41, 5.74) is 3.70. The number of fused-ring (bicyclic) bond motifs is 3. The number of benzene rings is 2. The zero-order valence-electron chi connectivity index (χ0n) is 14.7. The topological polar surface area (TPSA) is 38.8 Å². The minimum absolute atomic E-state index is 0.120. The lowest BCUT2D eigenvalue weighted by atomic mass is 9.81. The number of methoxy groups -OCH3 is 2. The summed E-state index contributed by atoms with van der Waals surface area (Å²) in [5, 5.41) is 0. The van der Waals surface area contributed by atoms with E-state index in [4.69, 9.17) is 9.47 Å². The van der Waals surface area contributed by atoms with E-state index in [0.29, 0.717) is 18.6 Å². The van der Waals surface area contributed by atoms with Gasteiger partial charge in [0.2, 0.25) is 0 Å². The van der Waals surface area contributed by atoms with E-state index in [1.54, 1.807) is 14.2 Å². The van der Waals surface area contributed by atoms with Crippen molar-refractivity contribution in [2.45, 2.75) is 31.3 Å². The smallest absolute Gasteiger partial charge is 0.161 e. The van der Waals surface area contributed by atoms with Gasteiger partial charge < -0.3 is 9.47 Å². The molecule has 0 N–H and O–H groups in total. The van der Waals surface area contributed by atoms with Crippen molar-refractivity contribution in [1.82, 2.24) is 4.90 Å². The Morgan fingerprint density at radius 1 is 0.960 bits per heavy atom. The molecule has 25 heavy (non-hydrogen) atoms. The molecule has 0 bridgehead atoms. The van der Waals surface area contributed by atoms with Crippen molar-refractivity contribution in [3.8, 4) is 11.5 Å². The number of nitrogens with zero attached hydrogens (tertiary/aromatic N) is 1. The van der Waals surface area contributed by atoms with Gasteiger partial charge in [-0.15, -0.1) is 0 Å². The second-order valence-corrected chi connectivity index (χ2v) is 6.78. The van der Waals surface area contributed by atoms with E-state index in [9.17, 15) is 4.79 Å². The molecular formula is C21H23NO3. The van der Waals surface area contributed by atoms with Gasteiger partial charge in [0.05, 0.1) is 14.2 Å². The number of carbonyl (C=O) groups is 1. The summed E-state index contributed by atoms with van der Waals surface area (Å²) in [7, 11) is 3.32. The van der Waals surface area contributed by atoms with Crippen LogP contribution in [0.5, 0.6) is 11.5 Å². The zero-order chi connectivity index (χ0) is 17.4. The van der Waals surface area contributed by atoms with E-state index >= 15 is 0 Å². The molecule has 130 valence electrons. The number of hydrogen-bond acceptors (Lipinski definition) is 4. The molecular weight excluding hydrogens is 314 g/mol. The maximum absolute atomic E-state index is 12.5. The fraction of sp³-hybridized carbons (Fsp3) is 0.381. The SMILES string of the molecule is COc1cc2c(cc1OC)C1CC(=O)CC(c3ccccc3)N1CC2. The summed E-state index contributed by atoms with van der Waals surface area (Å²) in [4.78, 5) is 15.0. The number of ether oxygens (including phenoxy) is 2. The van der Waals surface area contributed by atoms with Crippen LogP contribution in [0.2, 0.25) is 0 Å². The Labute approximate surface area is 148 Å². The standard InChI is InChI=1S/C21H23NO3/c1-24-20-10-15-8-9-22-18(14-6-4-3-5-7-14)11-16(23)12-19(22)17(15)13-21(20)25-2/h3-7,10,13,18-19H,8-9,11-12H2,1-2H3. The molecule has 1 fully saturated rings. The van der Waals surface area contributed by atoms with Gasteiger partial charge in [-0.1, -0.05) is 30.3 Å². The summed E-state index contributed by atoms with van der Waals surface area (Å²) < 4.78 is 10.9. The number of Topliss-reactive ketones (excluding diaryl/α,β-unsaturated/α-hetero) is 1. The van der Waals surface area contributed by atoms with Gasteiger partial charge in [-0.05, 0) is 35.2 Å². The Hall–Kier alpha value is -2.33. The second kappa shape index (κ2) is 6.52. The van der Waals surface area contributed by atoms with Crippen LogP contribution in [0.4, 0.5) is 0 Å². The zero-order valence-corrected chi connectivity index (χ0v) is 14.7. The lowest BCUT2D eigenvalue weighted by Gasteiger charge is -2.45. The molecule has 2 unspecified atom stereocenters. The Balaban J connectivity index is 1.75. The van der Waals surface area contributed by atoms with Gasteiger partial charge in [-0.3, -0.25) is 9.69 Å². The highest BCUT2D eigenvalue weighted by atomic mass is 16.5. The Kier molecular flexibility index (Phi) is 4.22. The third-order valence-electron chi connectivity index (χ3n) is 5.47. The van der Waals surface area contributed by atoms with Crippen LogP contribution in [0, 0.1) is 0 Å². The first-order chi connectivity index (χ1) is 12.2. The molecule has 0 aromatic heterocycles. The first-order valence-corrected chi connectivity index (χ1v) is 8.78. The number of carbonyl (C=O) groups excluding carboxylic acids is 1. The Bertz CT molecular complexity index is 787. The van der Waals surface area contributed by atoms with Crippen molar-refractivity contribution in [2.24, 2.45) is 0 Å². The van der Waals surface area contributed by atoms with Crippen molar-refractivity contribution in [2.75, 3.05) is 20.8 Å². The third-order valence-corrected chi connectivity index (χ3v) is 5.47. The third kappa shape index (κ3) is 2.81. The molecule has 2 aromatic carbocycles. The highest BCUT2D eigenvalue weighted by Crippen LogP contribution is 2.46. The van der Waals surface area contributed by atoms with Gasteiger partial charge in [-0.25, -0.2) is 0 Å². The van der Waals surface area contributed by atoms with E-state index in [2.05, 4.69) is 41.3 Å². The fourth-order valence-corrected chi connectivity index (χ4v) is 4.26. The van der Waals surface area contributed by atoms with Crippen LogP contribution in [0.15, 0.2) is 42.5 Å².